The predicted molar refractivity (Wildman–Crippen MR) is 100 cm³/mol. The van der Waals surface area contributed by atoms with Crippen LogP contribution in [0.3, 0.4) is 0 Å². The van der Waals surface area contributed by atoms with E-state index in [1.54, 1.807) is 35.4 Å². The van der Waals surface area contributed by atoms with Gasteiger partial charge in [-0.05, 0) is 6.08 Å². The van der Waals surface area contributed by atoms with Gasteiger partial charge in [-0.2, -0.15) is 20.2 Å². The molecule has 1 aliphatic heterocycles. The SMILES string of the molecule is N#C/C=C/c1nccn1-c1nc(-c2cnc(N)nc2)nc(N2CCOCC2)n1. The zero-order valence-corrected chi connectivity index (χ0v) is 14.8. The van der Waals surface area contributed by atoms with Crippen molar-refractivity contribution < 1.29 is 4.74 Å². The molecular formula is C17H16N10O. The fraction of sp³-hybridized carbons (Fsp3) is 0.235. The van der Waals surface area contributed by atoms with Gasteiger partial charge in [0.25, 0.3) is 0 Å². The molecule has 1 fully saturated rings. The summed E-state index contributed by atoms with van der Waals surface area (Å²) >= 11 is 0. The average molecular weight is 376 g/mol. The summed E-state index contributed by atoms with van der Waals surface area (Å²) in [7, 11) is 0. The summed E-state index contributed by atoms with van der Waals surface area (Å²) in [5.74, 6) is 2.00. The molecule has 0 atom stereocenters. The Morgan fingerprint density at radius 1 is 1.07 bits per heavy atom. The molecule has 4 heterocycles. The Morgan fingerprint density at radius 2 is 1.82 bits per heavy atom. The predicted octanol–water partition coefficient (Wildman–Crippen LogP) is 0.470. The monoisotopic (exact) mass is 376 g/mol. The number of imidazole rings is 1. The molecule has 3 aromatic rings. The van der Waals surface area contributed by atoms with Crippen LogP contribution in [0.2, 0.25) is 0 Å². The van der Waals surface area contributed by atoms with Crippen molar-refractivity contribution in [3.05, 3.63) is 36.7 Å². The van der Waals surface area contributed by atoms with Gasteiger partial charge >= 0.3 is 0 Å². The van der Waals surface area contributed by atoms with Crippen LogP contribution >= 0.6 is 0 Å². The maximum absolute atomic E-state index is 8.80. The number of nitrogens with zero attached hydrogens (tertiary/aromatic N) is 9. The van der Waals surface area contributed by atoms with Gasteiger partial charge in [0.2, 0.25) is 17.8 Å². The van der Waals surface area contributed by atoms with E-state index in [4.69, 9.17) is 15.7 Å². The number of hydrogen-bond acceptors (Lipinski definition) is 10. The van der Waals surface area contributed by atoms with Crippen LogP contribution in [0, 0.1) is 11.3 Å². The Bertz CT molecular complexity index is 1030. The van der Waals surface area contributed by atoms with Crippen LogP contribution in [-0.4, -0.2) is 60.8 Å². The Labute approximate surface area is 160 Å². The first-order valence-electron chi connectivity index (χ1n) is 8.51. The molecule has 2 N–H and O–H groups in total. The van der Waals surface area contributed by atoms with Gasteiger partial charge in [-0.25, -0.2) is 15.0 Å². The van der Waals surface area contributed by atoms with E-state index in [0.717, 1.165) is 0 Å². The molecule has 3 aromatic heterocycles. The third kappa shape index (κ3) is 3.62. The maximum atomic E-state index is 8.80. The van der Waals surface area contributed by atoms with Crippen molar-refractivity contribution in [2.75, 3.05) is 36.9 Å². The molecule has 11 heteroatoms. The highest BCUT2D eigenvalue weighted by Crippen LogP contribution is 2.20. The van der Waals surface area contributed by atoms with Gasteiger partial charge in [0, 0.05) is 44.0 Å². The lowest BCUT2D eigenvalue weighted by Gasteiger charge is -2.27. The van der Waals surface area contributed by atoms with E-state index in [2.05, 4.69) is 29.9 Å². The zero-order chi connectivity index (χ0) is 19.3. The lowest BCUT2D eigenvalue weighted by atomic mass is 10.3. The largest absolute Gasteiger partial charge is 0.378 e. The summed E-state index contributed by atoms with van der Waals surface area (Å²) in [4.78, 5) is 28.0. The van der Waals surface area contributed by atoms with Crippen molar-refractivity contribution in [1.82, 2.24) is 34.5 Å². The number of ether oxygens (including phenoxy) is 1. The summed E-state index contributed by atoms with van der Waals surface area (Å²) in [6.45, 7) is 2.55. The number of aromatic nitrogens is 7. The van der Waals surface area contributed by atoms with Gasteiger partial charge in [0.1, 0.15) is 5.82 Å². The standard InChI is InChI=1S/C17H16N10O/c18-3-1-2-13-20-4-5-27(13)17-24-14(12-10-21-15(19)22-11-12)23-16(25-17)26-6-8-28-9-7-26/h1-2,4-5,10-11H,6-9H2,(H2,19,21,22)/b2-1+. The van der Waals surface area contributed by atoms with Crippen LogP contribution in [0.1, 0.15) is 5.82 Å². The minimum absolute atomic E-state index is 0.171. The molecule has 0 spiro atoms. The van der Waals surface area contributed by atoms with E-state index >= 15 is 0 Å². The smallest absolute Gasteiger partial charge is 0.240 e. The van der Waals surface area contributed by atoms with E-state index < -0.39 is 0 Å². The molecule has 0 aliphatic carbocycles. The highest BCUT2D eigenvalue weighted by molar-refractivity contribution is 5.56. The highest BCUT2D eigenvalue weighted by atomic mass is 16.5. The molecular weight excluding hydrogens is 360 g/mol. The molecule has 4 rings (SSSR count). The second-order valence-corrected chi connectivity index (χ2v) is 5.81. The zero-order valence-electron chi connectivity index (χ0n) is 14.8. The number of hydrogen-bond donors (Lipinski definition) is 1. The fourth-order valence-electron chi connectivity index (χ4n) is 2.67. The lowest BCUT2D eigenvalue weighted by Crippen LogP contribution is -2.37. The molecule has 0 bridgehead atoms. The molecule has 0 unspecified atom stereocenters. The van der Waals surface area contributed by atoms with Crippen LogP contribution in [0.25, 0.3) is 23.4 Å². The third-order valence-electron chi connectivity index (χ3n) is 4.03. The second kappa shape index (κ2) is 7.77. The quantitative estimate of drug-likeness (QED) is 0.638. The first-order valence-corrected chi connectivity index (χ1v) is 8.51. The molecule has 1 aliphatic rings. The van der Waals surface area contributed by atoms with Crippen LogP contribution < -0.4 is 10.6 Å². The minimum atomic E-state index is 0.171. The number of morpholine rings is 1. The van der Waals surface area contributed by atoms with Gasteiger partial charge in [-0.15, -0.1) is 0 Å². The van der Waals surface area contributed by atoms with E-state index in [-0.39, 0.29) is 5.95 Å². The highest BCUT2D eigenvalue weighted by Gasteiger charge is 2.19. The number of nitriles is 1. The first-order chi connectivity index (χ1) is 13.7. The summed E-state index contributed by atoms with van der Waals surface area (Å²) in [6.07, 6.45) is 9.39. The molecule has 1 saturated heterocycles. The second-order valence-electron chi connectivity index (χ2n) is 5.81. The fourth-order valence-corrected chi connectivity index (χ4v) is 2.67. The van der Waals surface area contributed by atoms with Crippen molar-refractivity contribution >= 4 is 18.0 Å². The average Bonchev–Trinajstić information content (AvgIpc) is 3.22. The van der Waals surface area contributed by atoms with Gasteiger partial charge in [-0.1, -0.05) is 0 Å². The molecule has 0 radical (unpaired) electrons. The molecule has 0 aromatic carbocycles. The van der Waals surface area contributed by atoms with Crippen molar-refractivity contribution in [2.24, 2.45) is 0 Å². The van der Waals surface area contributed by atoms with Gasteiger partial charge < -0.3 is 15.4 Å². The number of allylic oxidation sites excluding steroid dienone is 1. The van der Waals surface area contributed by atoms with Crippen LogP contribution in [-0.2, 0) is 4.74 Å². The van der Waals surface area contributed by atoms with E-state index in [0.29, 0.717) is 55.4 Å². The third-order valence-corrected chi connectivity index (χ3v) is 4.03. The molecule has 140 valence electrons. The van der Waals surface area contributed by atoms with E-state index in [9.17, 15) is 0 Å². The van der Waals surface area contributed by atoms with Gasteiger partial charge in [0.05, 0.1) is 24.8 Å². The Morgan fingerprint density at radius 3 is 2.57 bits per heavy atom. The van der Waals surface area contributed by atoms with Gasteiger partial charge in [-0.3, -0.25) is 4.57 Å². The first kappa shape index (κ1) is 17.5. The number of anilines is 2. The summed E-state index contributed by atoms with van der Waals surface area (Å²) in [5, 5.41) is 8.80. The summed E-state index contributed by atoms with van der Waals surface area (Å²) in [6, 6.07) is 1.95. The van der Waals surface area contributed by atoms with E-state index in [1.165, 1.54) is 6.08 Å². The molecule has 28 heavy (non-hydrogen) atoms. The Hall–Kier alpha value is -3.91. The Kier molecular flexibility index (Phi) is 4.85. The van der Waals surface area contributed by atoms with E-state index in [1.807, 2.05) is 11.0 Å². The number of nitrogen functional groups attached to an aromatic ring is 1. The topological polar surface area (TPSA) is 145 Å². The van der Waals surface area contributed by atoms with Gasteiger partial charge in [0.15, 0.2) is 5.82 Å². The molecule has 0 saturated carbocycles. The Balaban J connectivity index is 1.82. The normalized spacial score (nSPS) is 14.3. The summed E-state index contributed by atoms with van der Waals surface area (Å²) in [5.41, 5.74) is 6.19. The van der Waals surface area contributed by atoms with Crippen molar-refractivity contribution in [3.63, 3.8) is 0 Å². The van der Waals surface area contributed by atoms with Crippen molar-refractivity contribution in [3.8, 4) is 23.4 Å². The molecule has 0 amide bonds. The van der Waals surface area contributed by atoms with Crippen molar-refractivity contribution in [2.45, 2.75) is 0 Å². The minimum Gasteiger partial charge on any atom is -0.378 e. The van der Waals surface area contributed by atoms with Crippen LogP contribution in [0.5, 0.6) is 0 Å². The van der Waals surface area contributed by atoms with Crippen LogP contribution in [0.4, 0.5) is 11.9 Å². The maximum Gasteiger partial charge on any atom is 0.240 e. The van der Waals surface area contributed by atoms with Crippen molar-refractivity contribution in [1.29, 1.82) is 5.26 Å². The lowest BCUT2D eigenvalue weighted by molar-refractivity contribution is 0.122. The summed E-state index contributed by atoms with van der Waals surface area (Å²) < 4.78 is 7.10. The molecule has 11 nitrogen and oxygen atoms in total. The number of rotatable bonds is 4. The number of nitrogens with two attached hydrogens (primary N) is 1. The van der Waals surface area contributed by atoms with Crippen LogP contribution in [0.15, 0.2) is 30.9 Å².